The molecular weight excluding hydrogens is 402 g/mol. The average molecular weight is 434 g/mol. The number of nitrogens with zero attached hydrogens (tertiary/aromatic N) is 2. The van der Waals surface area contributed by atoms with E-state index in [0.717, 1.165) is 57.2 Å². The van der Waals surface area contributed by atoms with Crippen LogP contribution in [0.4, 0.5) is 0 Å². The Bertz CT molecular complexity index is 951. The van der Waals surface area contributed by atoms with Crippen molar-refractivity contribution >= 4 is 11.8 Å². The molecule has 3 aliphatic rings. The molecule has 0 bridgehead atoms. The number of piperidine rings is 1. The minimum atomic E-state index is -0.294. The van der Waals surface area contributed by atoms with Crippen molar-refractivity contribution in [2.75, 3.05) is 26.2 Å². The van der Waals surface area contributed by atoms with Crippen LogP contribution in [0.25, 0.3) is 0 Å². The summed E-state index contributed by atoms with van der Waals surface area (Å²) in [5, 5.41) is 3.04. The SMILES string of the molecule is O=C(NCC1CCOC2(CCN(C(=O)C3(c4ccccc4)CC3)CC2)C1)c1ccccn1. The lowest BCUT2D eigenvalue weighted by molar-refractivity contribution is -0.149. The number of benzene rings is 1. The molecule has 1 N–H and O–H groups in total. The Morgan fingerprint density at radius 2 is 1.78 bits per heavy atom. The number of hydrogen-bond acceptors (Lipinski definition) is 4. The molecule has 168 valence electrons. The van der Waals surface area contributed by atoms with Crippen LogP contribution < -0.4 is 5.32 Å². The van der Waals surface area contributed by atoms with Crippen molar-refractivity contribution in [3.05, 3.63) is 66.0 Å². The van der Waals surface area contributed by atoms with Gasteiger partial charge in [0.1, 0.15) is 5.69 Å². The van der Waals surface area contributed by atoms with Crippen molar-refractivity contribution in [3.8, 4) is 0 Å². The van der Waals surface area contributed by atoms with E-state index in [-0.39, 0.29) is 22.8 Å². The first-order valence-electron chi connectivity index (χ1n) is 11.8. The van der Waals surface area contributed by atoms with Gasteiger partial charge in [0.05, 0.1) is 11.0 Å². The molecule has 1 atom stereocenters. The summed E-state index contributed by atoms with van der Waals surface area (Å²) in [6.07, 6.45) is 7.16. The number of carbonyl (C=O) groups is 2. The van der Waals surface area contributed by atoms with Gasteiger partial charge in [0.2, 0.25) is 5.91 Å². The van der Waals surface area contributed by atoms with E-state index < -0.39 is 0 Å². The molecule has 1 spiro atoms. The van der Waals surface area contributed by atoms with Gasteiger partial charge < -0.3 is 15.0 Å². The van der Waals surface area contributed by atoms with Crippen LogP contribution in [0.5, 0.6) is 0 Å². The Morgan fingerprint density at radius 1 is 1.03 bits per heavy atom. The smallest absolute Gasteiger partial charge is 0.269 e. The third kappa shape index (κ3) is 4.16. The lowest BCUT2D eigenvalue weighted by atomic mass is 9.79. The van der Waals surface area contributed by atoms with E-state index in [1.54, 1.807) is 18.3 Å². The van der Waals surface area contributed by atoms with Gasteiger partial charge in [-0.1, -0.05) is 36.4 Å². The van der Waals surface area contributed by atoms with Gasteiger partial charge in [0.15, 0.2) is 0 Å². The lowest BCUT2D eigenvalue weighted by Crippen LogP contribution is -2.53. The Hall–Kier alpha value is -2.73. The molecule has 2 saturated heterocycles. The van der Waals surface area contributed by atoms with Crippen LogP contribution in [0.1, 0.15) is 54.6 Å². The molecule has 0 radical (unpaired) electrons. The second kappa shape index (κ2) is 8.66. The van der Waals surface area contributed by atoms with E-state index in [1.165, 1.54) is 0 Å². The lowest BCUT2D eigenvalue weighted by Gasteiger charge is -2.46. The zero-order chi connectivity index (χ0) is 22.0. The molecule has 1 unspecified atom stereocenters. The first-order valence-corrected chi connectivity index (χ1v) is 11.8. The molecule has 3 heterocycles. The number of pyridine rings is 1. The predicted molar refractivity (Wildman–Crippen MR) is 121 cm³/mol. The molecule has 2 aliphatic heterocycles. The van der Waals surface area contributed by atoms with Crippen LogP contribution in [-0.4, -0.2) is 53.5 Å². The Kier molecular flexibility index (Phi) is 5.72. The molecule has 6 heteroatoms. The molecule has 2 aromatic rings. The molecule has 32 heavy (non-hydrogen) atoms. The Balaban J connectivity index is 1.15. The molecule has 3 fully saturated rings. The van der Waals surface area contributed by atoms with E-state index in [1.807, 2.05) is 24.3 Å². The fourth-order valence-corrected chi connectivity index (χ4v) is 5.40. The highest BCUT2D eigenvalue weighted by Gasteiger charge is 2.54. The van der Waals surface area contributed by atoms with Crippen LogP contribution in [-0.2, 0) is 14.9 Å². The van der Waals surface area contributed by atoms with Crippen molar-refractivity contribution in [3.63, 3.8) is 0 Å². The second-order valence-corrected chi connectivity index (χ2v) is 9.56. The number of nitrogens with one attached hydrogen (secondary N) is 1. The number of rotatable bonds is 5. The summed E-state index contributed by atoms with van der Waals surface area (Å²) in [4.78, 5) is 31.9. The number of amides is 2. The first-order chi connectivity index (χ1) is 15.6. The van der Waals surface area contributed by atoms with E-state index in [9.17, 15) is 9.59 Å². The molecule has 2 amide bonds. The van der Waals surface area contributed by atoms with Gasteiger partial charge in [-0.2, -0.15) is 0 Å². The zero-order valence-corrected chi connectivity index (χ0v) is 18.5. The summed E-state index contributed by atoms with van der Waals surface area (Å²) in [5.74, 6) is 0.550. The summed E-state index contributed by atoms with van der Waals surface area (Å²) in [5.41, 5.74) is 1.15. The second-order valence-electron chi connectivity index (χ2n) is 9.56. The molecule has 6 nitrogen and oxygen atoms in total. The molecule has 1 aromatic heterocycles. The highest BCUT2D eigenvalue weighted by atomic mass is 16.5. The molecule has 1 aliphatic carbocycles. The number of likely N-dealkylation sites (tertiary alicyclic amines) is 1. The van der Waals surface area contributed by atoms with Gasteiger partial charge in [-0.3, -0.25) is 14.6 Å². The molecule has 1 aromatic carbocycles. The molecule has 1 saturated carbocycles. The van der Waals surface area contributed by atoms with Gasteiger partial charge in [-0.05, 0) is 62.1 Å². The summed E-state index contributed by atoms with van der Waals surface area (Å²) in [6, 6.07) is 15.6. The number of ether oxygens (including phenoxy) is 1. The number of aromatic nitrogens is 1. The highest BCUT2D eigenvalue weighted by molar-refractivity contribution is 5.92. The highest BCUT2D eigenvalue weighted by Crippen LogP contribution is 2.50. The van der Waals surface area contributed by atoms with Gasteiger partial charge in [0, 0.05) is 32.4 Å². The third-order valence-corrected chi connectivity index (χ3v) is 7.49. The van der Waals surface area contributed by atoms with Gasteiger partial charge in [-0.15, -0.1) is 0 Å². The number of carbonyl (C=O) groups excluding carboxylic acids is 2. The largest absolute Gasteiger partial charge is 0.375 e. The van der Waals surface area contributed by atoms with E-state index in [2.05, 4.69) is 27.3 Å². The maximum atomic E-state index is 13.4. The monoisotopic (exact) mass is 433 g/mol. The fraction of sp³-hybridized carbons (Fsp3) is 0.500. The van der Waals surface area contributed by atoms with E-state index in [4.69, 9.17) is 4.74 Å². The van der Waals surface area contributed by atoms with Crippen molar-refractivity contribution in [2.45, 2.75) is 49.5 Å². The quantitative estimate of drug-likeness (QED) is 0.785. The minimum Gasteiger partial charge on any atom is -0.375 e. The van der Waals surface area contributed by atoms with Gasteiger partial charge in [-0.25, -0.2) is 0 Å². The van der Waals surface area contributed by atoms with Gasteiger partial charge >= 0.3 is 0 Å². The average Bonchev–Trinajstić information content (AvgIpc) is 3.66. The van der Waals surface area contributed by atoms with Crippen molar-refractivity contribution in [1.29, 1.82) is 0 Å². The molecule has 5 rings (SSSR count). The van der Waals surface area contributed by atoms with E-state index >= 15 is 0 Å². The Labute approximate surface area is 189 Å². The molecular formula is C26H31N3O3. The summed E-state index contributed by atoms with van der Waals surface area (Å²) >= 11 is 0. The zero-order valence-electron chi connectivity index (χ0n) is 18.5. The summed E-state index contributed by atoms with van der Waals surface area (Å²) in [7, 11) is 0. The fourth-order valence-electron chi connectivity index (χ4n) is 5.40. The van der Waals surface area contributed by atoms with Crippen LogP contribution in [0, 0.1) is 5.92 Å². The standard InChI is InChI=1S/C26H31N3O3/c30-23(22-8-4-5-14-27-22)28-19-20-9-17-32-25(18-20)12-15-29(16-13-25)24(31)26(10-11-26)21-6-2-1-3-7-21/h1-8,14,20H,9-13,15-19H2,(H,28,30). The van der Waals surface area contributed by atoms with Crippen molar-refractivity contribution < 1.29 is 14.3 Å². The van der Waals surface area contributed by atoms with E-state index in [0.29, 0.717) is 24.8 Å². The van der Waals surface area contributed by atoms with Crippen LogP contribution in [0.15, 0.2) is 54.7 Å². The van der Waals surface area contributed by atoms with Crippen molar-refractivity contribution in [1.82, 2.24) is 15.2 Å². The predicted octanol–water partition coefficient (Wildman–Crippen LogP) is 3.33. The maximum Gasteiger partial charge on any atom is 0.269 e. The Morgan fingerprint density at radius 3 is 2.47 bits per heavy atom. The van der Waals surface area contributed by atoms with Crippen LogP contribution in [0.3, 0.4) is 0 Å². The van der Waals surface area contributed by atoms with Crippen LogP contribution >= 0.6 is 0 Å². The first kappa shape index (κ1) is 21.1. The third-order valence-electron chi connectivity index (χ3n) is 7.49. The normalized spacial score (nSPS) is 23.5. The number of hydrogen-bond donors (Lipinski definition) is 1. The summed E-state index contributed by atoms with van der Waals surface area (Å²) < 4.78 is 6.28. The minimum absolute atomic E-state index is 0.123. The summed E-state index contributed by atoms with van der Waals surface area (Å²) in [6.45, 7) is 2.85. The van der Waals surface area contributed by atoms with Gasteiger partial charge in [0.25, 0.3) is 5.91 Å². The topological polar surface area (TPSA) is 71.5 Å². The maximum absolute atomic E-state index is 13.4. The van der Waals surface area contributed by atoms with Crippen LogP contribution in [0.2, 0.25) is 0 Å². The van der Waals surface area contributed by atoms with Crippen molar-refractivity contribution in [2.24, 2.45) is 5.92 Å².